The van der Waals surface area contributed by atoms with Crippen molar-refractivity contribution >= 4 is 11.9 Å². The molecule has 1 heterocycles. The summed E-state index contributed by atoms with van der Waals surface area (Å²) >= 11 is 0. The van der Waals surface area contributed by atoms with Crippen LogP contribution >= 0.6 is 0 Å². The lowest BCUT2D eigenvalue weighted by Gasteiger charge is -2.07. The van der Waals surface area contributed by atoms with E-state index in [2.05, 4.69) is 18.2 Å². The van der Waals surface area contributed by atoms with Gasteiger partial charge in [0.25, 0.3) is 0 Å². The minimum Gasteiger partial charge on any atom is -0.376 e. The van der Waals surface area contributed by atoms with E-state index in [0.717, 1.165) is 0 Å². The van der Waals surface area contributed by atoms with Gasteiger partial charge in [-0.05, 0) is 18.1 Å². The second kappa shape index (κ2) is 5.08. The summed E-state index contributed by atoms with van der Waals surface area (Å²) in [4.78, 5) is 11.1. The van der Waals surface area contributed by atoms with Crippen LogP contribution in [0, 0.1) is 5.92 Å². The molecule has 1 unspecified atom stereocenters. The van der Waals surface area contributed by atoms with Crippen LogP contribution in [0.25, 0.3) is 6.08 Å². The molecule has 1 aliphatic rings. The number of benzene rings is 1. The molecule has 2 rings (SSSR count). The fraction of sp³-hybridized carbons (Fsp3) is 0.357. The smallest absolute Gasteiger partial charge is 0.130 e. The van der Waals surface area contributed by atoms with Gasteiger partial charge in [-0.15, -0.1) is 0 Å². The van der Waals surface area contributed by atoms with Gasteiger partial charge in [-0.1, -0.05) is 36.4 Å². The van der Waals surface area contributed by atoms with E-state index in [1.54, 1.807) is 6.92 Å². The third kappa shape index (κ3) is 2.80. The zero-order valence-electron chi connectivity index (χ0n) is 9.48. The van der Waals surface area contributed by atoms with Gasteiger partial charge in [-0.25, -0.2) is 0 Å². The zero-order chi connectivity index (χ0) is 11.4. The van der Waals surface area contributed by atoms with Crippen molar-refractivity contribution in [2.45, 2.75) is 13.3 Å². The Balaban J connectivity index is 2.13. The van der Waals surface area contributed by atoms with E-state index in [9.17, 15) is 4.79 Å². The molecule has 1 fully saturated rings. The number of Topliss-reactive ketones (excluding diaryl/α,β-unsaturated/α-hetero) is 1. The van der Waals surface area contributed by atoms with Gasteiger partial charge in [0.1, 0.15) is 5.78 Å². The molecule has 2 heteroatoms. The lowest BCUT2D eigenvalue weighted by molar-refractivity contribution is -0.117. The maximum Gasteiger partial charge on any atom is 0.130 e. The van der Waals surface area contributed by atoms with E-state index >= 15 is 0 Å². The Morgan fingerprint density at radius 1 is 1.44 bits per heavy atom. The van der Waals surface area contributed by atoms with Gasteiger partial charge < -0.3 is 9.53 Å². The molecule has 0 spiro atoms. The largest absolute Gasteiger partial charge is 0.376 e. The first kappa shape index (κ1) is 11.1. The normalized spacial score (nSPS) is 22.6. The lowest BCUT2D eigenvalue weighted by atomic mass is 9.95. The predicted molar refractivity (Wildman–Crippen MR) is 64.0 cm³/mol. The first-order valence-corrected chi connectivity index (χ1v) is 5.58. The molecule has 0 aliphatic carbocycles. The third-order valence-corrected chi connectivity index (χ3v) is 2.80. The molecular weight excluding hydrogens is 200 g/mol. The van der Waals surface area contributed by atoms with E-state index in [1.165, 1.54) is 11.1 Å². The highest BCUT2D eigenvalue weighted by Crippen LogP contribution is 2.25. The van der Waals surface area contributed by atoms with E-state index in [-0.39, 0.29) is 11.7 Å². The Kier molecular flexibility index (Phi) is 3.52. The molecule has 0 bridgehead atoms. The second-order valence-corrected chi connectivity index (χ2v) is 4.25. The van der Waals surface area contributed by atoms with Crippen molar-refractivity contribution in [3.63, 3.8) is 0 Å². The van der Waals surface area contributed by atoms with Crippen LogP contribution in [0.1, 0.15) is 18.9 Å². The minimum atomic E-state index is 0.231. The van der Waals surface area contributed by atoms with Crippen molar-refractivity contribution in [3.05, 3.63) is 41.5 Å². The highest BCUT2D eigenvalue weighted by Gasteiger charge is 2.22. The Morgan fingerprint density at radius 2 is 2.19 bits per heavy atom. The molecule has 2 nitrogen and oxygen atoms in total. The van der Waals surface area contributed by atoms with Crippen LogP contribution in [-0.2, 0) is 9.53 Å². The Morgan fingerprint density at radius 3 is 2.88 bits per heavy atom. The van der Waals surface area contributed by atoms with Crippen molar-refractivity contribution in [2.24, 2.45) is 5.92 Å². The van der Waals surface area contributed by atoms with Gasteiger partial charge in [0, 0.05) is 12.3 Å². The molecule has 0 amide bonds. The van der Waals surface area contributed by atoms with E-state index in [0.29, 0.717) is 19.6 Å². The van der Waals surface area contributed by atoms with Crippen molar-refractivity contribution in [1.29, 1.82) is 0 Å². The quantitative estimate of drug-likeness (QED) is 0.776. The maximum atomic E-state index is 11.1. The standard InChI is InChI=1S/C14H16O2/c1-11(15)7-13-9-16-10-14(13)8-12-5-3-2-4-6-12/h2-6,8,13H,7,9-10H2,1H3/b14-8+. The van der Waals surface area contributed by atoms with Crippen LogP contribution in [0.2, 0.25) is 0 Å². The van der Waals surface area contributed by atoms with E-state index in [4.69, 9.17) is 4.74 Å². The summed E-state index contributed by atoms with van der Waals surface area (Å²) in [5.41, 5.74) is 2.41. The minimum absolute atomic E-state index is 0.231. The maximum absolute atomic E-state index is 11.1. The van der Waals surface area contributed by atoms with Crippen molar-refractivity contribution in [3.8, 4) is 0 Å². The Hall–Kier alpha value is -1.41. The third-order valence-electron chi connectivity index (χ3n) is 2.80. The molecule has 0 aromatic heterocycles. The average Bonchev–Trinajstić information content (AvgIpc) is 2.66. The SMILES string of the molecule is CC(=O)CC1COC/C1=C\c1ccccc1. The van der Waals surface area contributed by atoms with Crippen LogP contribution in [0.3, 0.4) is 0 Å². The van der Waals surface area contributed by atoms with E-state index < -0.39 is 0 Å². The van der Waals surface area contributed by atoms with Gasteiger partial charge in [-0.2, -0.15) is 0 Å². The summed E-state index contributed by atoms with van der Waals surface area (Å²) < 4.78 is 5.42. The van der Waals surface area contributed by atoms with Gasteiger partial charge in [0.2, 0.25) is 0 Å². The molecule has 1 atom stereocenters. The monoisotopic (exact) mass is 216 g/mol. The van der Waals surface area contributed by atoms with Crippen LogP contribution in [0.4, 0.5) is 0 Å². The molecule has 0 radical (unpaired) electrons. The molecule has 1 aromatic carbocycles. The summed E-state index contributed by atoms with van der Waals surface area (Å²) in [5, 5.41) is 0. The highest BCUT2D eigenvalue weighted by molar-refractivity contribution is 5.76. The van der Waals surface area contributed by atoms with Gasteiger partial charge >= 0.3 is 0 Å². The first-order valence-electron chi connectivity index (χ1n) is 5.58. The van der Waals surface area contributed by atoms with Gasteiger partial charge in [0.15, 0.2) is 0 Å². The summed E-state index contributed by atoms with van der Waals surface area (Å²) in [6, 6.07) is 10.2. The molecule has 1 aromatic rings. The van der Waals surface area contributed by atoms with Gasteiger partial charge in [-0.3, -0.25) is 0 Å². The molecule has 1 aliphatic heterocycles. The lowest BCUT2D eigenvalue weighted by Crippen LogP contribution is -2.07. The number of carbonyl (C=O) groups excluding carboxylic acids is 1. The number of ketones is 1. The predicted octanol–water partition coefficient (Wildman–Crippen LogP) is 2.70. The first-order chi connectivity index (χ1) is 7.75. The topological polar surface area (TPSA) is 26.3 Å². The van der Waals surface area contributed by atoms with Crippen molar-refractivity contribution in [2.75, 3.05) is 13.2 Å². The van der Waals surface area contributed by atoms with Crippen molar-refractivity contribution in [1.82, 2.24) is 0 Å². The highest BCUT2D eigenvalue weighted by atomic mass is 16.5. The van der Waals surface area contributed by atoms with Crippen molar-refractivity contribution < 1.29 is 9.53 Å². The van der Waals surface area contributed by atoms with Gasteiger partial charge in [0.05, 0.1) is 13.2 Å². The summed E-state index contributed by atoms with van der Waals surface area (Å²) in [7, 11) is 0. The fourth-order valence-corrected chi connectivity index (χ4v) is 2.00. The van der Waals surface area contributed by atoms with Crippen LogP contribution in [0.5, 0.6) is 0 Å². The molecular formula is C14H16O2. The number of hydrogen-bond acceptors (Lipinski definition) is 2. The molecule has 16 heavy (non-hydrogen) atoms. The fourth-order valence-electron chi connectivity index (χ4n) is 2.00. The Labute approximate surface area is 95.9 Å². The van der Waals surface area contributed by atoms with E-state index in [1.807, 2.05) is 18.2 Å². The average molecular weight is 216 g/mol. The molecule has 84 valence electrons. The van der Waals surface area contributed by atoms with Crippen LogP contribution in [-0.4, -0.2) is 19.0 Å². The van der Waals surface area contributed by atoms with Crippen LogP contribution in [0.15, 0.2) is 35.9 Å². The van der Waals surface area contributed by atoms with Crippen LogP contribution < -0.4 is 0 Å². The molecule has 0 N–H and O–H groups in total. The summed E-state index contributed by atoms with van der Waals surface area (Å²) in [6.07, 6.45) is 2.74. The number of rotatable bonds is 3. The number of hydrogen-bond donors (Lipinski definition) is 0. The summed E-state index contributed by atoms with van der Waals surface area (Å²) in [5.74, 6) is 0.507. The summed E-state index contributed by atoms with van der Waals surface area (Å²) in [6.45, 7) is 2.98. The molecule has 0 saturated carbocycles. The number of carbonyl (C=O) groups is 1. The number of ether oxygens (including phenoxy) is 1. The Bertz CT molecular complexity index is 392. The molecule has 1 saturated heterocycles. The zero-order valence-corrected chi connectivity index (χ0v) is 9.48. The second-order valence-electron chi connectivity index (χ2n) is 4.25.